The normalized spacial score (nSPS) is 11.9. The van der Waals surface area contributed by atoms with Crippen LogP contribution in [0.1, 0.15) is 18.1 Å². The number of aliphatic hydroxyl groups is 1. The van der Waals surface area contributed by atoms with Crippen molar-refractivity contribution in [2.24, 2.45) is 4.99 Å². The van der Waals surface area contributed by atoms with Gasteiger partial charge in [-0.3, -0.25) is 0 Å². The largest absolute Gasteiger partial charge is 0.388 e. The Kier molecular flexibility index (Phi) is 4.40. The van der Waals surface area contributed by atoms with Gasteiger partial charge in [-0.2, -0.15) is 0 Å². The Labute approximate surface area is 87.1 Å². The van der Waals surface area contributed by atoms with E-state index in [4.69, 9.17) is 0 Å². The van der Waals surface area contributed by atoms with Gasteiger partial charge in [-0.25, -0.2) is 9.38 Å². The first-order valence-electron chi connectivity index (χ1n) is 4.21. The van der Waals surface area contributed by atoms with Crippen LogP contribution in [0.3, 0.4) is 0 Å². The quantitative estimate of drug-likeness (QED) is 0.612. The topological polar surface area (TPSA) is 32.6 Å². The smallest absolute Gasteiger partial charge is 0.123 e. The van der Waals surface area contributed by atoms with Crippen molar-refractivity contribution in [2.45, 2.75) is 12.5 Å². The van der Waals surface area contributed by atoms with E-state index >= 15 is 0 Å². The lowest BCUT2D eigenvalue weighted by Gasteiger charge is -2.08. The fourth-order valence-corrected chi connectivity index (χ4v) is 1.18. The number of halogens is 1. The molecule has 1 rings (SSSR count). The monoisotopic (exact) mass is 211 g/mol. The predicted octanol–water partition coefficient (Wildman–Crippen LogP) is 2.35. The highest BCUT2D eigenvalue weighted by Crippen LogP contribution is 2.16. The first-order valence-corrected chi connectivity index (χ1v) is 4.62. The number of nitrogens with zero attached hydrogens (tertiary/aromatic N) is 1. The fourth-order valence-electron chi connectivity index (χ4n) is 1.08. The SMILES string of the molecule is O[C@H](CCN=C=S)c1ccc(F)cc1. The van der Waals surface area contributed by atoms with Crippen molar-refractivity contribution in [3.63, 3.8) is 0 Å². The third-order valence-corrected chi connectivity index (χ3v) is 1.96. The zero-order valence-electron chi connectivity index (χ0n) is 7.48. The van der Waals surface area contributed by atoms with Crippen LogP contribution < -0.4 is 0 Å². The molecule has 0 aliphatic heterocycles. The Balaban J connectivity index is 2.55. The van der Waals surface area contributed by atoms with Gasteiger partial charge in [-0.1, -0.05) is 12.1 Å². The van der Waals surface area contributed by atoms with E-state index in [2.05, 4.69) is 22.4 Å². The molecular formula is C10H10FNOS. The highest BCUT2D eigenvalue weighted by molar-refractivity contribution is 7.78. The number of benzene rings is 1. The first-order chi connectivity index (χ1) is 6.74. The van der Waals surface area contributed by atoms with Gasteiger partial charge in [0.05, 0.1) is 17.8 Å². The maximum Gasteiger partial charge on any atom is 0.123 e. The Bertz CT molecular complexity index is 332. The lowest BCUT2D eigenvalue weighted by molar-refractivity contribution is 0.170. The van der Waals surface area contributed by atoms with Crippen molar-refractivity contribution < 1.29 is 9.50 Å². The van der Waals surface area contributed by atoms with E-state index in [1.54, 1.807) is 12.1 Å². The molecule has 0 aliphatic rings. The number of aliphatic imine (C=N–C) groups is 1. The molecule has 1 aromatic rings. The van der Waals surface area contributed by atoms with E-state index in [-0.39, 0.29) is 5.82 Å². The standard InChI is InChI=1S/C10H10FNOS/c11-9-3-1-8(2-4-9)10(13)5-6-12-7-14/h1-4,10,13H,5-6H2/t10-/m1/s1. The average Bonchev–Trinajstić information content (AvgIpc) is 2.19. The molecular weight excluding hydrogens is 201 g/mol. The molecule has 14 heavy (non-hydrogen) atoms. The lowest BCUT2D eigenvalue weighted by Crippen LogP contribution is -1.99. The Hall–Kier alpha value is -1.09. The van der Waals surface area contributed by atoms with Crippen molar-refractivity contribution in [1.82, 2.24) is 0 Å². The molecule has 0 bridgehead atoms. The van der Waals surface area contributed by atoms with Crippen LogP contribution in [0, 0.1) is 5.82 Å². The summed E-state index contributed by atoms with van der Waals surface area (Å²) in [5, 5.41) is 11.8. The number of rotatable bonds is 4. The molecule has 0 saturated heterocycles. The number of isothiocyanates is 1. The van der Waals surface area contributed by atoms with Crippen LogP contribution in [-0.4, -0.2) is 16.8 Å². The van der Waals surface area contributed by atoms with Crippen molar-refractivity contribution in [3.8, 4) is 0 Å². The highest BCUT2D eigenvalue weighted by Gasteiger charge is 2.06. The van der Waals surface area contributed by atoms with Crippen LogP contribution in [0.25, 0.3) is 0 Å². The average molecular weight is 211 g/mol. The van der Waals surface area contributed by atoms with Gasteiger partial charge in [0.15, 0.2) is 0 Å². The molecule has 1 aromatic carbocycles. The maximum atomic E-state index is 12.5. The molecule has 1 atom stereocenters. The fraction of sp³-hybridized carbons (Fsp3) is 0.300. The zero-order valence-corrected chi connectivity index (χ0v) is 8.30. The van der Waals surface area contributed by atoms with Gasteiger partial charge in [0.2, 0.25) is 0 Å². The molecule has 4 heteroatoms. The summed E-state index contributed by atoms with van der Waals surface area (Å²) in [4.78, 5) is 3.69. The van der Waals surface area contributed by atoms with E-state index < -0.39 is 6.10 Å². The van der Waals surface area contributed by atoms with Gasteiger partial charge in [-0.15, -0.1) is 0 Å². The molecule has 1 N–H and O–H groups in total. The summed E-state index contributed by atoms with van der Waals surface area (Å²) in [6.45, 7) is 0.433. The maximum absolute atomic E-state index is 12.5. The highest BCUT2D eigenvalue weighted by atomic mass is 32.1. The van der Waals surface area contributed by atoms with E-state index in [9.17, 15) is 9.50 Å². The summed E-state index contributed by atoms with van der Waals surface area (Å²) in [6.07, 6.45) is -0.155. The summed E-state index contributed by atoms with van der Waals surface area (Å²) in [5.74, 6) is -0.308. The minimum Gasteiger partial charge on any atom is -0.388 e. The van der Waals surface area contributed by atoms with Gasteiger partial charge in [0, 0.05) is 0 Å². The van der Waals surface area contributed by atoms with Crippen LogP contribution in [0.15, 0.2) is 29.3 Å². The molecule has 0 aromatic heterocycles. The van der Waals surface area contributed by atoms with Crippen molar-refractivity contribution in [2.75, 3.05) is 6.54 Å². The van der Waals surface area contributed by atoms with E-state index in [0.29, 0.717) is 18.5 Å². The minimum absolute atomic E-state index is 0.308. The Morgan fingerprint density at radius 1 is 1.43 bits per heavy atom. The van der Waals surface area contributed by atoms with Crippen LogP contribution >= 0.6 is 12.2 Å². The summed E-state index contributed by atoms with van der Waals surface area (Å²) in [6, 6.07) is 5.75. The van der Waals surface area contributed by atoms with Crippen molar-refractivity contribution in [3.05, 3.63) is 35.6 Å². The molecule has 0 saturated carbocycles. The third kappa shape index (κ3) is 3.34. The van der Waals surface area contributed by atoms with Crippen LogP contribution in [0.2, 0.25) is 0 Å². The minimum atomic E-state index is -0.623. The van der Waals surface area contributed by atoms with Crippen LogP contribution in [-0.2, 0) is 0 Å². The second-order valence-corrected chi connectivity index (χ2v) is 3.01. The van der Waals surface area contributed by atoms with Gasteiger partial charge in [0.1, 0.15) is 5.82 Å². The second kappa shape index (κ2) is 5.60. The summed E-state index contributed by atoms with van der Waals surface area (Å²) in [5.41, 5.74) is 0.686. The molecule has 0 radical (unpaired) electrons. The van der Waals surface area contributed by atoms with Crippen LogP contribution in [0.5, 0.6) is 0 Å². The molecule has 0 heterocycles. The number of hydrogen-bond donors (Lipinski definition) is 1. The number of thiocarbonyl (C=S) groups is 1. The lowest BCUT2D eigenvalue weighted by atomic mass is 10.1. The molecule has 74 valence electrons. The molecule has 0 unspecified atom stereocenters. The van der Waals surface area contributed by atoms with E-state index in [1.807, 2.05) is 0 Å². The van der Waals surface area contributed by atoms with Crippen LogP contribution in [0.4, 0.5) is 4.39 Å². The Morgan fingerprint density at radius 2 is 2.07 bits per heavy atom. The Morgan fingerprint density at radius 3 is 2.64 bits per heavy atom. The second-order valence-electron chi connectivity index (χ2n) is 2.83. The molecule has 0 spiro atoms. The van der Waals surface area contributed by atoms with E-state index in [1.165, 1.54) is 12.1 Å². The first kappa shape index (κ1) is 11.0. The van der Waals surface area contributed by atoms with Gasteiger partial charge >= 0.3 is 0 Å². The van der Waals surface area contributed by atoms with Gasteiger partial charge in [-0.05, 0) is 36.3 Å². The van der Waals surface area contributed by atoms with Crippen molar-refractivity contribution >= 4 is 17.4 Å². The molecule has 2 nitrogen and oxygen atoms in total. The van der Waals surface area contributed by atoms with Gasteiger partial charge in [0.25, 0.3) is 0 Å². The zero-order chi connectivity index (χ0) is 10.4. The third-order valence-electron chi connectivity index (χ3n) is 1.83. The summed E-state index contributed by atoms with van der Waals surface area (Å²) in [7, 11) is 0. The number of hydrogen-bond acceptors (Lipinski definition) is 3. The van der Waals surface area contributed by atoms with E-state index in [0.717, 1.165) is 0 Å². The molecule has 0 amide bonds. The summed E-state index contributed by atoms with van der Waals surface area (Å²) >= 11 is 4.39. The predicted molar refractivity (Wildman–Crippen MR) is 55.9 cm³/mol. The van der Waals surface area contributed by atoms with Crippen molar-refractivity contribution in [1.29, 1.82) is 0 Å². The summed E-state index contributed by atoms with van der Waals surface area (Å²) < 4.78 is 12.5. The number of aliphatic hydroxyl groups excluding tert-OH is 1. The van der Waals surface area contributed by atoms with Gasteiger partial charge < -0.3 is 5.11 Å². The molecule has 0 aliphatic carbocycles. The molecule has 0 fully saturated rings.